The number of esters is 1. The van der Waals surface area contributed by atoms with Gasteiger partial charge in [-0.2, -0.15) is 4.68 Å². The molecule has 8 nitrogen and oxygen atoms in total. The molecule has 4 rings (SSSR count). The Bertz CT molecular complexity index is 1170. The number of nitrogens with one attached hydrogen (secondary N) is 1. The summed E-state index contributed by atoms with van der Waals surface area (Å²) < 4.78 is 6.16. The van der Waals surface area contributed by atoms with Crippen molar-refractivity contribution in [1.29, 1.82) is 0 Å². The molecule has 2 aromatic heterocycles. The molecule has 4 aromatic rings. The van der Waals surface area contributed by atoms with Crippen molar-refractivity contribution in [3.63, 3.8) is 0 Å². The Balaban J connectivity index is 1.39. The van der Waals surface area contributed by atoms with Crippen LogP contribution >= 0.6 is 11.3 Å². The van der Waals surface area contributed by atoms with Crippen LogP contribution < -0.4 is 10.9 Å². The molecule has 28 heavy (non-hydrogen) atoms. The van der Waals surface area contributed by atoms with Crippen LogP contribution in [0, 0.1) is 0 Å². The van der Waals surface area contributed by atoms with E-state index in [2.05, 4.69) is 20.6 Å². The molecular formula is C19H15N5O3S. The fraction of sp³-hybridized carbons (Fsp3) is 0.105. The van der Waals surface area contributed by atoms with Crippen molar-refractivity contribution in [2.45, 2.75) is 13.3 Å². The third kappa shape index (κ3) is 3.89. The largest absolute Gasteiger partial charge is 0.437 e. The van der Waals surface area contributed by atoms with Crippen molar-refractivity contribution in [1.82, 2.24) is 20.0 Å². The van der Waals surface area contributed by atoms with E-state index in [-0.39, 0.29) is 18.0 Å². The minimum Gasteiger partial charge on any atom is -0.437 e. The molecule has 1 N–H and O–H groups in total. The number of hydrogen-bond acceptors (Lipinski definition) is 8. The molecule has 0 atom stereocenters. The number of aromatic nitrogens is 4. The molecule has 2 aromatic carbocycles. The Hall–Kier alpha value is -3.59. The van der Waals surface area contributed by atoms with Crippen LogP contribution in [0.3, 0.4) is 0 Å². The highest BCUT2D eigenvalue weighted by atomic mass is 32.1. The third-order valence-electron chi connectivity index (χ3n) is 3.95. The van der Waals surface area contributed by atoms with E-state index in [1.807, 2.05) is 30.3 Å². The first kappa shape index (κ1) is 17.8. The number of nitrogens with zero attached hydrogens (tertiary/aromatic N) is 4. The van der Waals surface area contributed by atoms with Gasteiger partial charge in [0.2, 0.25) is 0 Å². The maximum atomic E-state index is 12.3. The van der Waals surface area contributed by atoms with E-state index in [9.17, 15) is 9.59 Å². The molecule has 0 aliphatic carbocycles. The Morgan fingerprint density at radius 2 is 1.89 bits per heavy atom. The molecule has 0 saturated carbocycles. The minimum atomic E-state index is -0.633. The van der Waals surface area contributed by atoms with Crippen LogP contribution in [0.4, 0.5) is 5.13 Å². The van der Waals surface area contributed by atoms with Crippen LogP contribution in [0.25, 0.3) is 10.9 Å². The average molecular weight is 393 g/mol. The number of anilines is 1. The molecule has 0 amide bonds. The summed E-state index contributed by atoms with van der Waals surface area (Å²) in [5.74, 6) is -0.633. The van der Waals surface area contributed by atoms with Gasteiger partial charge in [-0.05, 0) is 17.7 Å². The van der Waals surface area contributed by atoms with E-state index in [1.54, 1.807) is 29.6 Å². The monoisotopic (exact) mass is 393 g/mol. The van der Waals surface area contributed by atoms with Gasteiger partial charge in [0.1, 0.15) is 5.52 Å². The third-order valence-corrected chi connectivity index (χ3v) is 4.75. The lowest BCUT2D eigenvalue weighted by atomic mass is 10.2. The average Bonchev–Trinajstić information content (AvgIpc) is 3.22. The summed E-state index contributed by atoms with van der Waals surface area (Å²) in [6.45, 7) is 0.269. The maximum absolute atomic E-state index is 12.3. The van der Waals surface area contributed by atoms with Crippen molar-refractivity contribution in [2.24, 2.45) is 0 Å². The summed E-state index contributed by atoms with van der Waals surface area (Å²) in [6.07, 6.45) is 0. The molecule has 0 unspecified atom stereocenters. The number of fused-ring (bicyclic) bond motifs is 1. The van der Waals surface area contributed by atoms with Crippen molar-refractivity contribution < 1.29 is 9.53 Å². The fourth-order valence-electron chi connectivity index (χ4n) is 2.52. The molecule has 9 heteroatoms. The second-order valence-electron chi connectivity index (χ2n) is 5.85. The topological polar surface area (TPSA) is 99.0 Å². The molecule has 0 saturated heterocycles. The quantitative estimate of drug-likeness (QED) is 0.503. The van der Waals surface area contributed by atoms with Crippen molar-refractivity contribution in [3.8, 4) is 0 Å². The highest BCUT2D eigenvalue weighted by molar-refractivity contribution is 7.13. The zero-order valence-electron chi connectivity index (χ0n) is 14.6. The molecule has 0 aliphatic rings. The van der Waals surface area contributed by atoms with Gasteiger partial charge < -0.3 is 10.1 Å². The molecule has 140 valence electrons. The van der Waals surface area contributed by atoms with Crippen LogP contribution in [0.2, 0.25) is 0 Å². The Labute approximate surface area is 163 Å². The van der Waals surface area contributed by atoms with E-state index in [0.717, 1.165) is 10.2 Å². The summed E-state index contributed by atoms with van der Waals surface area (Å²) in [6, 6.07) is 16.7. The van der Waals surface area contributed by atoms with Gasteiger partial charge in [-0.25, -0.2) is 9.78 Å². The van der Waals surface area contributed by atoms with Gasteiger partial charge in [0.05, 0.1) is 5.39 Å². The van der Waals surface area contributed by atoms with E-state index < -0.39 is 5.97 Å². The van der Waals surface area contributed by atoms with E-state index in [4.69, 9.17) is 4.74 Å². The van der Waals surface area contributed by atoms with E-state index in [0.29, 0.717) is 22.6 Å². The van der Waals surface area contributed by atoms with Crippen molar-refractivity contribution in [2.75, 3.05) is 5.32 Å². The Morgan fingerprint density at radius 1 is 1.11 bits per heavy atom. The van der Waals surface area contributed by atoms with Crippen LogP contribution in [-0.2, 0) is 18.0 Å². The van der Waals surface area contributed by atoms with Crippen LogP contribution in [0.5, 0.6) is 0 Å². The van der Waals surface area contributed by atoms with E-state index >= 15 is 0 Å². The predicted octanol–water partition coefficient (Wildman–Crippen LogP) is 2.67. The van der Waals surface area contributed by atoms with Gasteiger partial charge in [-0.3, -0.25) is 4.79 Å². The summed E-state index contributed by atoms with van der Waals surface area (Å²) >= 11 is 1.30. The number of carbonyl (C=O) groups is 1. The van der Waals surface area contributed by atoms with Gasteiger partial charge in [-0.1, -0.05) is 47.7 Å². The molecule has 0 spiro atoms. The fourth-order valence-corrected chi connectivity index (χ4v) is 3.20. The highest BCUT2D eigenvalue weighted by Crippen LogP contribution is 2.17. The van der Waals surface area contributed by atoms with Crippen molar-refractivity contribution in [3.05, 3.63) is 81.6 Å². The standard InChI is InChI=1S/C19H15N5O3S/c25-17-14-8-4-5-9-15(14)22-23-24(17)12-27-18(26)16-11-28-19(21-16)20-10-13-6-2-1-3-7-13/h1-9,11H,10,12H2,(H,20,21). The summed E-state index contributed by atoms with van der Waals surface area (Å²) in [4.78, 5) is 28.8. The molecular weight excluding hydrogens is 378 g/mol. The van der Waals surface area contributed by atoms with Gasteiger partial charge in [-0.15, -0.1) is 16.4 Å². The number of hydrogen-bond donors (Lipinski definition) is 1. The lowest BCUT2D eigenvalue weighted by Gasteiger charge is -2.05. The smallest absolute Gasteiger partial charge is 0.359 e. The SMILES string of the molecule is O=C(OCn1nnc2ccccc2c1=O)c1csc(NCc2ccccc2)n1. The van der Waals surface area contributed by atoms with Gasteiger partial charge in [0.25, 0.3) is 5.56 Å². The van der Waals surface area contributed by atoms with Gasteiger partial charge >= 0.3 is 5.97 Å². The van der Waals surface area contributed by atoms with Crippen LogP contribution in [0.1, 0.15) is 16.1 Å². The Kier molecular flexibility index (Phi) is 5.07. The van der Waals surface area contributed by atoms with Crippen molar-refractivity contribution >= 4 is 33.3 Å². The first-order valence-corrected chi connectivity index (χ1v) is 9.31. The molecule has 0 fully saturated rings. The zero-order chi connectivity index (χ0) is 19.3. The minimum absolute atomic E-state index is 0.169. The summed E-state index contributed by atoms with van der Waals surface area (Å²) in [7, 11) is 0. The second kappa shape index (κ2) is 7.97. The van der Waals surface area contributed by atoms with Gasteiger partial charge in [0.15, 0.2) is 17.6 Å². The zero-order valence-corrected chi connectivity index (χ0v) is 15.4. The summed E-state index contributed by atoms with van der Waals surface area (Å²) in [5, 5.41) is 13.5. The lowest BCUT2D eigenvalue weighted by Crippen LogP contribution is -2.26. The second-order valence-corrected chi connectivity index (χ2v) is 6.71. The first-order chi connectivity index (χ1) is 13.7. The Morgan fingerprint density at radius 3 is 2.75 bits per heavy atom. The molecule has 0 aliphatic heterocycles. The number of carbonyl (C=O) groups excluding carboxylic acids is 1. The number of thiazole rings is 1. The lowest BCUT2D eigenvalue weighted by molar-refractivity contribution is 0.0330. The number of rotatable bonds is 6. The molecule has 0 bridgehead atoms. The maximum Gasteiger partial charge on any atom is 0.359 e. The normalized spacial score (nSPS) is 10.7. The highest BCUT2D eigenvalue weighted by Gasteiger charge is 2.14. The predicted molar refractivity (Wildman–Crippen MR) is 105 cm³/mol. The molecule has 2 heterocycles. The van der Waals surface area contributed by atoms with Crippen LogP contribution in [-0.4, -0.2) is 25.9 Å². The van der Waals surface area contributed by atoms with E-state index in [1.165, 1.54) is 11.3 Å². The number of benzene rings is 2. The summed E-state index contributed by atoms with van der Waals surface area (Å²) in [5.41, 5.74) is 1.39. The van der Waals surface area contributed by atoms with Gasteiger partial charge in [0, 0.05) is 11.9 Å². The first-order valence-electron chi connectivity index (χ1n) is 8.44. The van der Waals surface area contributed by atoms with Crippen LogP contribution in [0.15, 0.2) is 64.8 Å². The molecule has 0 radical (unpaired) electrons. The number of ether oxygens (including phenoxy) is 1.